The van der Waals surface area contributed by atoms with Gasteiger partial charge in [-0.05, 0) is 18.2 Å². The number of halogens is 2. The Balaban J connectivity index is 0.000000225. The highest BCUT2D eigenvalue weighted by Crippen LogP contribution is 2.24. The zero-order valence-electron chi connectivity index (χ0n) is 9.44. The third-order valence-corrected chi connectivity index (χ3v) is 2.59. The highest BCUT2D eigenvalue weighted by atomic mass is 35.5. The first kappa shape index (κ1) is 14.4. The lowest BCUT2D eigenvalue weighted by Gasteiger charge is -2.02. The minimum absolute atomic E-state index is 0.378. The van der Waals surface area contributed by atoms with Gasteiger partial charge in [-0.2, -0.15) is 0 Å². The molecule has 94 valence electrons. The second kappa shape index (κ2) is 7.58. The van der Waals surface area contributed by atoms with Crippen LogP contribution in [-0.2, 0) is 0 Å². The van der Waals surface area contributed by atoms with Crippen molar-refractivity contribution in [2.45, 2.75) is 0 Å². The largest absolute Gasteiger partial charge is 0.351 e. The van der Waals surface area contributed by atoms with Gasteiger partial charge >= 0.3 is 6.03 Å². The number of hydrogen-bond acceptors (Lipinski definition) is 1. The number of amides is 2. The quantitative estimate of drug-likeness (QED) is 0.810. The normalized spacial score (nSPS) is 9.00. The Morgan fingerprint density at radius 2 is 1.44 bits per heavy atom. The van der Waals surface area contributed by atoms with Crippen LogP contribution in [0.15, 0.2) is 54.6 Å². The fourth-order valence-electron chi connectivity index (χ4n) is 1.10. The second-order valence-electron chi connectivity index (χ2n) is 3.27. The van der Waals surface area contributed by atoms with Gasteiger partial charge in [0.2, 0.25) is 0 Å². The smallest absolute Gasteiger partial charge is 0.316 e. The van der Waals surface area contributed by atoms with Crippen LogP contribution in [0, 0.1) is 0 Å². The molecule has 0 aliphatic carbocycles. The summed E-state index contributed by atoms with van der Waals surface area (Å²) in [5.41, 5.74) is 5.41. The van der Waals surface area contributed by atoms with Crippen molar-refractivity contribution in [3.8, 4) is 0 Å². The van der Waals surface area contributed by atoms with Gasteiger partial charge in [0.25, 0.3) is 0 Å². The van der Waals surface area contributed by atoms with E-state index in [2.05, 4.69) is 5.32 Å². The summed E-state index contributed by atoms with van der Waals surface area (Å²) in [6.45, 7) is 0. The van der Waals surface area contributed by atoms with Crippen molar-refractivity contribution >= 4 is 34.9 Å². The minimum atomic E-state index is -0.631. The van der Waals surface area contributed by atoms with Crippen molar-refractivity contribution in [3.05, 3.63) is 64.6 Å². The van der Waals surface area contributed by atoms with Crippen LogP contribution in [0.1, 0.15) is 0 Å². The van der Waals surface area contributed by atoms with E-state index in [-0.39, 0.29) is 0 Å². The number of nitrogens with two attached hydrogens (primary N) is 1. The van der Waals surface area contributed by atoms with Crippen molar-refractivity contribution in [1.29, 1.82) is 0 Å². The number of rotatable bonds is 1. The lowest BCUT2D eigenvalue weighted by molar-refractivity contribution is 0.259. The molecular formula is C13H12Cl2N2O. The van der Waals surface area contributed by atoms with E-state index in [0.29, 0.717) is 15.7 Å². The van der Waals surface area contributed by atoms with Gasteiger partial charge in [0.05, 0.1) is 10.0 Å². The van der Waals surface area contributed by atoms with Crippen LogP contribution >= 0.6 is 23.2 Å². The Kier molecular flexibility index (Phi) is 6.05. The average molecular weight is 283 g/mol. The lowest BCUT2D eigenvalue weighted by Crippen LogP contribution is -2.19. The molecule has 0 heterocycles. The van der Waals surface area contributed by atoms with Crippen molar-refractivity contribution in [2.75, 3.05) is 5.32 Å². The van der Waals surface area contributed by atoms with Gasteiger partial charge < -0.3 is 11.1 Å². The van der Waals surface area contributed by atoms with Crippen molar-refractivity contribution in [1.82, 2.24) is 0 Å². The minimum Gasteiger partial charge on any atom is -0.351 e. The van der Waals surface area contributed by atoms with E-state index in [1.54, 1.807) is 12.1 Å². The van der Waals surface area contributed by atoms with E-state index < -0.39 is 6.03 Å². The molecule has 5 heteroatoms. The Bertz CT molecular complexity index is 477. The first-order valence-corrected chi connectivity index (χ1v) is 5.86. The highest BCUT2D eigenvalue weighted by molar-refractivity contribution is 6.42. The summed E-state index contributed by atoms with van der Waals surface area (Å²) >= 11 is 11.3. The molecule has 0 aliphatic rings. The van der Waals surface area contributed by atoms with Gasteiger partial charge in [0.15, 0.2) is 0 Å². The van der Waals surface area contributed by atoms with Crippen molar-refractivity contribution in [2.24, 2.45) is 5.73 Å². The monoisotopic (exact) mass is 282 g/mol. The van der Waals surface area contributed by atoms with E-state index in [9.17, 15) is 4.79 Å². The SMILES string of the molecule is NC(=O)Nc1ccc(Cl)c(Cl)c1.c1ccccc1. The number of benzene rings is 2. The second-order valence-corrected chi connectivity index (χ2v) is 4.09. The third kappa shape index (κ3) is 5.57. The Morgan fingerprint density at radius 1 is 0.944 bits per heavy atom. The van der Waals surface area contributed by atoms with Gasteiger partial charge in [0.1, 0.15) is 0 Å². The molecule has 0 bridgehead atoms. The lowest BCUT2D eigenvalue weighted by atomic mass is 10.3. The molecule has 3 nitrogen and oxygen atoms in total. The number of nitrogens with one attached hydrogen (secondary N) is 1. The van der Waals surface area contributed by atoms with Crippen LogP contribution in [0.4, 0.5) is 10.5 Å². The van der Waals surface area contributed by atoms with Crippen molar-refractivity contribution < 1.29 is 4.79 Å². The van der Waals surface area contributed by atoms with Gasteiger partial charge in [-0.15, -0.1) is 0 Å². The molecule has 0 saturated carbocycles. The van der Waals surface area contributed by atoms with Gasteiger partial charge in [-0.1, -0.05) is 59.6 Å². The maximum Gasteiger partial charge on any atom is 0.316 e. The standard InChI is InChI=1S/C7H6Cl2N2O.C6H6/c8-5-2-1-4(3-6(5)9)11-7(10)12;1-2-4-6-5-3-1/h1-3H,(H3,10,11,12);1-6H. The fraction of sp³-hybridized carbons (Fsp3) is 0. The topological polar surface area (TPSA) is 55.1 Å². The number of carbonyl (C=O) groups is 1. The predicted molar refractivity (Wildman–Crippen MR) is 76.1 cm³/mol. The molecule has 2 amide bonds. The summed E-state index contributed by atoms with van der Waals surface area (Å²) in [6.07, 6.45) is 0. The van der Waals surface area contributed by atoms with Crippen LogP contribution in [0.3, 0.4) is 0 Å². The van der Waals surface area contributed by atoms with Gasteiger partial charge in [-0.3, -0.25) is 0 Å². The average Bonchev–Trinajstić information content (AvgIpc) is 2.36. The molecule has 2 aromatic carbocycles. The first-order valence-electron chi connectivity index (χ1n) is 5.11. The molecule has 18 heavy (non-hydrogen) atoms. The number of hydrogen-bond donors (Lipinski definition) is 2. The van der Waals surface area contributed by atoms with Crippen LogP contribution in [0.2, 0.25) is 10.0 Å². The summed E-state index contributed by atoms with van der Waals surface area (Å²) < 4.78 is 0. The molecular weight excluding hydrogens is 271 g/mol. The van der Waals surface area contributed by atoms with Crippen LogP contribution in [0.5, 0.6) is 0 Å². The molecule has 2 aromatic rings. The zero-order chi connectivity index (χ0) is 13.4. The molecule has 2 rings (SSSR count). The Hall–Kier alpha value is -1.71. The van der Waals surface area contributed by atoms with E-state index in [1.165, 1.54) is 6.07 Å². The van der Waals surface area contributed by atoms with Crippen LogP contribution < -0.4 is 11.1 Å². The van der Waals surface area contributed by atoms with E-state index in [4.69, 9.17) is 28.9 Å². The summed E-state index contributed by atoms with van der Waals surface area (Å²) in [4.78, 5) is 10.4. The predicted octanol–water partition coefficient (Wildman–Crippen LogP) is 4.17. The van der Waals surface area contributed by atoms with Crippen LogP contribution in [0.25, 0.3) is 0 Å². The van der Waals surface area contributed by atoms with Crippen molar-refractivity contribution in [3.63, 3.8) is 0 Å². The third-order valence-electron chi connectivity index (χ3n) is 1.85. The van der Waals surface area contributed by atoms with E-state index in [0.717, 1.165) is 0 Å². The summed E-state index contributed by atoms with van der Waals surface area (Å²) in [5, 5.41) is 3.18. The molecule has 0 atom stereocenters. The summed E-state index contributed by atoms with van der Waals surface area (Å²) in [7, 11) is 0. The Morgan fingerprint density at radius 3 is 1.83 bits per heavy atom. The van der Waals surface area contributed by atoms with E-state index in [1.807, 2.05) is 36.4 Å². The fourth-order valence-corrected chi connectivity index (χ4v) is 1.40. The van der Waals surface area contributed by atoms with Gasteiger partial charge in [0, 0.05) is 5.69 Å². The molecule has 0 aromatic heterocycles. The Labute approximate surface area is 116 Å². The zero-order valence-corrected chi connectivity index (χ0v) is 10.9. The maximum atomic E-state index is 10.4. The number of anilines is 1. The number of primary amides is 1. The number of carbonyl (C=O) groups excluding carboxylic acids is 1. The van der Waals surface area contributed by atoms with Gasteiger partial charge in [-0.25, -0.2) is 4.79 Å². The molecule has 0 fully saturated rings. The molecule has 0 aliphatic heterocycles. The maximum absolute atomic E-state index is 10.4. The molecule has 0 saturated heterocycles. The van der Waals surface area contributed by atoms with E-state index >= 15 is 0 Å². The molecule has 3 N–H and O–H groups in total. The molecule has 0 radical (unpaired) electrons. The summed E-state index contributed by atoms with van der Waals surface area (Å²) in [6, 6.07) is 16.1. The highest BCUT2D eigenvalue weighted by Gasteiger charge is 2.00. The molecule has 0 unspecified atom stereocenters. The molecule has 0 spiro atoms. The van der Waals surface area contributed by atoms with Crippen LogP contribution in [-0.4, -0.2) is 6.03 Å². The summed E-state index contributed by atoms with van der Waals surface area (Å²) in [5.74, 6) is 0. The number of urea groups is 1. The first-order chi connectivity index (χ1) is 8.59.